The number of thiocarbonyl (C=S) groups is 1. The van der Waals surface area contributed by atoms with E-state index in [9.17, 15) is 0 Å². The zero-order chi connectivity index (χ0) is 13.2. The van der Waals surface area contributed by atoms with E-state index in [2.05, 4.69) is 11.1 Å². The van der Waals surface area contributed by atoms with Crippen LogP contribution in [0, 0.1) is 0 Å². The van der Waals surface area contributed by atoms with E-state index in [0.717, 1.165) is 25.3 Å². The van der Waals surface area contributed by atoms with Crippen LogP contribution in [0.2, 0.25) is 0 Å². The third kappa shape index (κ3) is 2.33. The molecule has 0 bridgehead atoms. The van der Waals surface area contributed by atoms with Gasteiger partial charge in [0.2, 0.25) is 0 Å². The van der Waals surface area contributed by atoms with Gasteiger partial charge in [0.05, 0.1) is 6.61 Å². The molecule has 1 aromatic carbocycles. The highest BCUT2D eigenvalue weighted by Crippen LogP contribution is 2.34. The normalized spacial score (nSPS) is 17.6. The number of hydrogen-bond acceptors (Lipinski definition) is 3. The number of fused-ring (bicyclic) bond motifs is 1. The van der Waals surface area contributed by atoms with Crippen LogP contribution in [0.25, 0.3) is 0 Å². The number of benzene rings is 1. The third-order valence-corrected chi connectivity index (χ3v) is 3.62. The minimum absolute atomic E-state index is 0.338. The van der Waals surface area contributed by atoms with E-state index in [4.69, 9.17) is 22.7 Å². The number of imidazole rings is 1. The largest absolute Gasteiger partial charge is 0.493 e. The van der Waals surface area contributed by atoms with Gasteiger partial charge in [0.25, 0.3) is 0 Å². The summed E-state index contributed by atoms with van der Waals surface area (Å²) in [6.07, 6.45) is 4.65. The molecule has 1 atom stereocenters. The van der Waals surface area contributed by atoms with Gasteiger partial charge in [-0.05, 0) is 18.1 Å². The lowest BCUT2D eigenvalue weighted by Gasteiger charge is -2.26. The Labute approximate surface area is 117 Å². The molecule has 2 N–H and O–H groups in total. The minimum atomic E-state index is 0.338. The van der Waals surface area contributed by atoms with E-state index < -0.39 is 0 Å². The SMILES string of the molecule is NC(=S)c1nccn1CC1CCOc2ccccc21. The van der Waals surface area contributed by atoms with E-state index in [1.165, 1.54) is 5.56 Å². The lowest BCUT2D eigenvalue weighted by atomic mass is 9.93. The molecule has 0 spiro atoms. The lowest BCUT2D eigenvalue weighted by molar-refractivity contribution is 0.259. The summed E-state index contributed by atoms with van der Waals surface area (Å²) in [4.78, 5) is 4.54. The highest BCUT2D eigenvalue weighted by molar-refractivity contribution is 7.80. The van der Waals surface area contributed by atoms with Crippen molar-refractivity contribution in [2.24, 2.45) is 5.73 Å². The second kappa shape index (κ2) is 5.01. The van der Waals surface area contributed by atoms with Gasteiger partial charge in [-0.1, -0.05) is 30.4 Å². The van der Waals surface area contributed by atoms with Crippen LogP contribution in [0.3, 0.4) is 0 Å². The molecule has 1 aliphatic rings. The van der Waals surface area contributed by atoms with Gasteiger partial charge in [-0.25, -0.2) is 4.98 Å². The Morgan fingerprint density at radius 3 is 3.16 bits per heavy atom. The average molecular weight is 273 g/mol. The topological polar surface area (TPSA) is 53.1 Å². The Balaban J connectivity index is 1.89. The zero-order valence-electron chi connectivity index (χ0n) is 10.5. The number of nitrogens with two attached hydrogens (primary N) is 1. The molecule has 19 heavy (non-hydrogen) atoms. The van der Waals surface area contributed by atoms with Crippen molar-refractivity contribution in [3.8, 4) is 5.75 Å². The maximum absolute atomic E-state index is 5.68. The van der Waals surface area contributed by atoms with E-state index in [-0.39, 0.29) is 0 Å². The van der Waals surface area contributed by atoms with Crippen LogP contribution < -0.4 is 10.5 Å². The van der Waals surface area contributed by atoms with Crippen molar-refractivity contribution in [3.63, 3.8) is 0 Å². The van der Waals surface area contributed by atoms with Crippen LogP contribution in [0.1, 0.15) is 23.7 Å². The van der Waals surface area contributed by atoms with Crippen LogP contribution in [0.4, 0.5) is 0 Å². The fourth-order valence-electron chi connectivity index (χ4n) is 2.52. The first-order valence-corrected chi connectivity index (χ1v) is 6.69. The van der Waals surface area contributed by atoms with Crippen molar-refractivity contribution in [1.29, 1.82) is 0 Å². The fraction of sp³-hybridized carbons (Fsp3) is 0.286. The molecule has 0 saturated heterocycles. The first-order chi connectivity index (χ1) is 9.25. The van der Waals surface area contributed by atoms with Gasteiger partial charge in [-0.15, -0.1) is 0 Å². The monoisotopic (exact) mass is 273 g/mol. The molecule has 0 radical (unpaired) electrons. The van der Waals surface area contributed by atoms with Crippen molar-refractivity contribution < 1.29 is 4.74 Å². The van der Waals surface area contributed by atoms with Crippen LogP contribution in [-0.2, 0) is 6.54 Å². The molecule has 1 aliphatic heterocycles. The van der Waals surface area contributed by atoms with Gasteiger partial charge in [-0.2, -0.15) is 0 Å². The highest BCUT2D eigenvalue weighted by atomic mass is 32.1. The molecule has 0 fully saturated rings. The molecule has 5 heteroatoms. The number of aromatic nitrogens is 2. The summed E-state index contributed by atoms with van der Waals surface area (Å²) >= 11 is 5.02. The smallest absolute Gasteiger partial charge is 0.167 e. The minimum Gasteiger partial charge on any atom is -0.493 e. The predicted octanol–water partition coefficient (Wildman–Crippen LogP) is 2.08. The Hall–Kier alpha value is -1.88. The molecule has 0 aliphatic carbocycles. The second-order valence-electron chi connectivity index (χ2n) is 4.64. The summed E-state index contributed by atoms with van der Waals surface area (Å²) in [6, 6.07) is 8.18. The van der Waals surface area contributed by atoms with Crippen molar-refractivity contribution >= 4 is 17.2 Å². The van der Waals surface area contributed by atoms with Crippen molar-refractivity contribution in [1.82, 2.24) is 9.55 Å². The number of rotatable bonds is 3. The maximum Gasteiger partial charge on any atom is 0.167 e. The van der Waals surface area contributed by atoms with Gasteiger partial charge in [0.15, 0.2) is 5.82 Å². The van der Waals surface area contributed by atoms with Crippen LogP contribution in [0.5, 0.6) is 5.75 Å². The van der Waals surface area contributed by atoms with Gasteiger partial charge < -0.3 is 15.0 Å². The number of para-hydroxylation sites is 1. The van der Waals surface area contributed by atoms with Gasteiger partial charge in [0.1, 0.15) is 10.7 Å². The molecular weight excluding hydrogens is 258 g/mol. The van der Waals surface area contributed by atoms with Gasteiger partial charge >= 0.3 is 0 Å². The number of nitrogens with zero attached hydrogens (tertiary/aromatic N) is 2. The lowest BCUT2D eigenvalue weighted by Crippen LogP contribution is -2.22. The average Bonchev–Trinajstić information content (AvgIpc) is 2.87. The molecule has 2 aromatic rings. The Morgan fingerprint density at radius 2 is 2.32 bits per heavy atom. The van der Waals surface area contributed by atoms with Crippen LogP contribution in [0.15, 0.2) is 36.7 Å². The highest BCUT2D eigenvalue weighted by Gasteiger charge is 2.22. The third-order valence-electron chi connectivity index (χ3n) is 3.44. The molecule has 1 unspecified atom stereocenters. The molecule has 4 nitrogen and oxygen atoms in total. The molecule has 0 amide bonds. The summed E-state index contributed by atoms with van der Waals surface area (Å²) in [5.41, 5.74) is 6.93. The molecule has 0 saturated carbocycles. The summed E-state index contributed by atoms with van der Waals surface area (Å²) in [7, 11) is 0. The van der Waals surface area contributed by atoms with Crippen LogP contribution >= 0.6 is 12.2 Å². The zero-order valence-corrected chi connectivity index (χ0v) is 11.3. The Bertz CT molecular complexity index is 608. The van der Waals surface area contributed by atoms with E-state index in [1.807, 2.05) is 29.0 Å². The molecular formula is C14H15N3OS. The van der Waals surface area contributed by atoms with Gasteiger partial charge in [0, 0.05) is 24.9 Å². The number of hydrogen-bond donors (Lipinski definition) is 1. The fourth-order valence-corrected chi connectivity index (χ4v) is 2.69. The summed E-state index contributed by atoms with van der Waals surface area (Å²) in [6.45, 7) is 1.58. The second-order valence-corrected chi connectivity index (χ2v) is 5.08. The van der Waals surface area contributed by atoms with Crippen LogP contribution in [-0.4, -0.2) is 21.1 Å². The quantitative estimate of drug-likeness (QED) is 0.870. The number of ether oxygens (including phenoxy) is 1. The van der Waals surface area contributed by atoms with Gasteiger partial charge in [-0.3, -0.25) is 0 Å². The van der Waals surface area contributed by atoms with Crippen molar-refractivity contribution in [2.75, 3.05) is 6.61 Å². The maximum atomic E-state index is 5.68. The Morgan fingerprint density at radius 1 is 1.47 bits per heavy atom. The summed E-state index contributed by atoms with van der Waals surface area (Å²) in [5, 5.41) is 0. The molecule has 1 aromatic heterocycles. The molecule has 98 valence electrons. The Kier molecular flexibility index (Phi) is 3.21. The summed E-state index contributed by atoms with van der Waals surface area (Å²) in [5.74, 6) is 2.07. The molecule has 2 heterocycles. The molecule has 3 rings (SSSR count). The van der Waals surface area contributed by atoms with E-state index in [0.29, 0.717) is 16.7 Å². The van der Waals surface area contributed by atoms with Crippen molar-refractivity contribution in [2.45, 2.75) is 18.9 Å². The predicted molar refractivity (Wildman–Crippen MR) is 77.4 cm³/mol. The standard InChI is InChI=1S/C14H15N3OS/c15-13(19)14-16-6-7-17(14)9-10-5-8-18-12-4-2-1-3-11(10)12/h1-4,6-7,10H,5,8-9H2,(H2,15,19). The summed E-state index contributed by atoms with van der Waals surface area (Å²) < 4.78 is 7.70. The van der Waals surface area contributed by atoms with E-state index >= 15 is 0 Å². The van der Waals surface area contributed by atoms with Crippen molar-refractivity contribution in [3.05, 3.63) is 48.0 Å². The first-order valence-electron chi connectivity index (χ1n) is 6.28. The van der Waals surface area contributed by atoms with E-state index in [1.54, 1.807) is 6.20 Å². The first kappa shape index (κ1) is 12.2.